The van der Waals surface area contributed by atoms with E-state index in [1.165, 1.54) is 19.3 Å². The second-order valence-electron chi connectivity index (χ2n) is 3.63. The van der Waals surface area contributed by atoms with E-state index < -0.39 is 10.0 Å². The van der Waals surface area contributed by atoms with Gasteiger partial charge in [-0.15, -0.1) is 0 Å². The number of fused-ring (bicyclic) bond motifs is 1. The number of hydrogen-bond donors (Lipinski definition) is 1. The molecule has 1 N–H and O–H groups in total. The Kier molecular flexibility index (Phi) is 2.21. The van der Waals surface area contributed by atoms with Crippen LogP contribution in [0.25, 0.3) is 0 Å². The topological polar surface area (TPSA) is 46.2 Å². The van der Waals surface area contributed by atoms with E-state index in [4.69, 9.17) is 0 Å². The summed E-state index contributed by atoms with van der Waals surface area (Å²) in [6.07, 6.45) is 3.70. The molecule has 2 aliphatic carbocycles. The molecule has 1 unspecified atom stereocenters. The lowest BCUT2D eigenvalue weighted by atomic mass is 10.2. The Morgan fingerprint density at radius 1 is 1.33 bits per heavy atom. The van der Waals surface area contributed by atoms with E-state index in [2.05, 4.69) is 20.7 Å². The van der Waals surface area contributed by atoms with Gasteiger partial charge in [0.2, 0.25) is 10.0 Å². The highest BCUT2D eigenvalue weighted by Gasteiger charge is 2.53. The predicted molar refractivity (Wildman–Crippen MR) is 50.5 cm³/mol. The Morgan fingerprint density at radius 2 is 1.92 bits per heavy atom. The molecule has 2 fully saturated rings. The van der Waals surface area contributed by atoms with Crippen molar-refractivity contribution >= 4 is 26.0 Å². The van der Waals surface area contributed by atoms with Crippen LogP contribution in [0.1, 0.15) is 19.3 Å². The van der Waals surface area contributed by atoms with Crippen LogP contribution in [0.15, 0.2) is 0 Å². The van der Waals surface area contributed by atoms with E-state index >= 15 is 0 Å². The van der Waals surface area contributed by atoms with Gasteiger partial charge in [0.15, 0.2) is 0 Å². The van der Waals surface area contributed by atoms with Crippen molar-refractivity contribution in [2.24, 2.45) is 11.8 Å². The van der Waals surface area contributed by atoms with Crippen LogP contribution in [0, 0.1) is 11.8 Å². The molecule has 2 aliphatic rings. The molecule has 0 spiro atoms. The van der Waals surface area contributed by atoms with Crippen LogP contribution >= 0.6 is 15.9 Å². The van der Waals surface area contributed by atoms with Gasteiger partial charge in [0.1, 0.15) is 4.66 Å². The highest BCUT2D eigenvalue weighted by atomic mass is 79.9. The van der Waals surface area contributed by atoms with Gasteiger partial charge in [0.25, 0.3) is 0 Å². The van der Waals surface area contributed by atoms with Crippen LogP contribution in [0.2, 0.25) is 0 Å². The predicted octanol–water partition coefficient (Wildman–Crippen LogP) is 1.06. The molecule has 3 atom stereocenters. The second kappa shape index (κ2) is 2.96. The summed E-state index contributed by atoms with van der Waals surface area (Å²) >= 11 is 2.96. The molecule has 70 valence electrons. The number of nitrogens with one attached hydrogen (secondary N) is 1. The van der Waals surface area contributed by atoms with Crippen LogP contribution < -0.4 is 4.72 Å². The van der Waals surface area contributed by atoms with Crippen LogP contribution in [0.3, 0.4) is 0 Å². The summed E-state index contributed by atoms with van der Waals surface area (Å²) in [5, 5.41) is 0. The Morgan fingerprint density at radius 3 is 2.42 bits per heavy atom. The summed E-state index contributed by atoms with van der Waals surface area (Å²) in [5.74, 6) is 1.30. The van der Waals surface area contributed by atoms with Gasteiger partial charge in [-0.2, -0.15) is 0 Å². The minimum atomic E-state index is -3.03. The van der Waals surface area contributed by atoms with Gasteiger partial charge in [0, 0.05) is 6.04 Å². The van der Waals surface area contributed by atoms with Gasteiger partial charge in [-0.25, -0.2) is 13.1 Å². The average Bonchev–Trinajstić information content (AvgIpc) is 2.51. The molecular formula is C7H12BrNO2S. The third-order valence-electron chi connectivity index (χ3n) is 2.87. The maximum atomic E-state index is 11.1. The fourth-order valence-corrected chi connectivity index (χ4v) is 3.46. The van der Waals surface area contributed by atoms with E-state index in [9.17, 15) is 8.42 Å². The third kappa shape index (κ3) is 1.54. The van der Waals surface area contributed by atoms with Crippen LogP contribution in [-0.4, -0.2) is 19.1 Å². The second-order valence-corrected chi connectivity index (χ2v) is 6.68. The summed E-state index contributed by atoms with van der Waals surface area (Å²) in [6.45, 7) is 0. The molecule has 2 saturated carbocycles. The van der Waals surface area contributed by atoms with E-state index in [1.54, 1.807) is 0 Å². The number of halogens is 1. The molecular weight excluding hydrogens is 242 g/mol. The van der Waals surface area contributed by atoms with Crippen molar-refractivity contribution in [3.63, 3.8) is 0 Å². The van der Waals surface area contributed by atoms with Crippen molar-refractivity contribution in [1.29, 1.82) is 0 Å². The quantitative estimate of drug-likeness (QED) is 0.765. The maximum absolute atomic E-state index is 11.1. The first-order valence-electron chi connectivity index (χ1n) is 4.20. The van der Waals surface area contributed by atoms with Gasteiger partial charge in [-0.1, -0.05) is 22.4 Å². The van der Waals surface area contributed by atoms with Crippen molar-refractivity contribution in [3.05, 3.63) is 0 Å². The average molecular weight is 254 g/mol. The number of rotatable bonds is 3. The zero-order valence-electron chi connectivity index (χ0n) is 6.66. The van der Waals surface area contributed by atoms with E-state index in [-0.39, 0.29) is 10.7 Å². The molecule has 0 radical (unpaired) electrons. The summed E-state index contributed by atoms with van der Waals surface area (Å²) in [7, 11) is -3.03. The highest BCUT2D eigenvalue weighted by Crippen LogP contribution is 2.52. The zero-order chi connectivity index (χ0) is 8.77. The minimum absolute atomic E-state index is 0.0237. The molecule has 0 heterocycles. The molecule has 0 aliphatic heterocycles. The first-order valence-corrected chi connectivity index (χ1v) is 6.97. The highest BCUT2D eigenvalue weighted by molar-refractivity contribution is 9.10. The lowest BCUT2D eigenvalue weighted by molar-refractivity contribution is 0.568. The molecule has 5 heteroatoms. The van der Waals surface area contributed by atoms with Gasteiger partial charge < -0.3 is 0 Å². The SMILES string of the molecule is O=S(=O)(CBr)NC1[C@H]2CCC[C@@H]12. The van der Waals surface area contributed by atoms with Crippen LogP contribution in [0.4, 0.5) is 0 Å². The van der Waals surface area contributed by atoms with Crippen molar-refractivity contribution in [1.82, 2.24) is 4.72 Å². The summed E-state index contributed by atoms with van der Waals surface area (Å²) < 4.78 is 25.0. The number of hydrogen-bond acceptors (Lipinski definition) is 2. The molecule has 12 heavy (non-hydrogen) atoms. The van der Waals surface area contributed by atoms with Gasteiger partial charge in [-0.3, -0.25) is 0 Å². The Balaban J connectivity index is 1.91. The third-order valence-corrected chi connectivity index (χ3v) is 5.59. The Bertz CT molecular complexity index is 267. The molecule has 0 aromatic rings. The summed E-state index contributed by atoms with van der Waals surface area (Å²) in [5.41, 5.74) is 0. The Labute approximate surface area is 81.1 Å². The van der Waals surface area contributed by atoms with Crippen molar-refractivity contribution in [2.45, 2.75) is 25.3 Å². The van der Waals surface area contributed by atoms with Gasteiger partial charge in [0.05, 0.1) is 0 Å². The van der Waals surface area contributed by atoms with Crippen molar-refractivity contribution in [3.8, 4) is 0 Å². The van der Waals surface area contributed by atoms with E-state index in [0.717, 1.165) is 0 Å². The number of sulfonamides is 1. The monoisotopic (exact) mass is 253 g/mol. The van der Waals surface area contributed by atoms with Gasteiger partial charge >= 0.3 is 0 Å². The van der Waals surface area contributed by atoms with Crippen molar-refractivity contribution in [2.75, 3.05) is 4.66 Å². The molecule has 0 aromatic heterocycles. The molecule has 3 nitrogen and oxygen atoms in total. The minimum Gasteiger partial charge on any atom is -0.212 e. The molecule has 0 amide bonds. The molecule has 0 saturated heterocycles. The molecule has 0 bridgehead atoms. The maximum Gasteiger partial charge on any atom is 0.221 e. The number of alkyl halides is 1. The molecule has 2 rings (SSSR count). The largest absolute Gasteiger partial charge is 0.221 e. The summed E-state index contributed by atoms with van der Waals surface area (Å²) in [6, 6.07) is 0.265. The van der Waals surface area contributed by atoms with Crippen LogP contribution in [0.5, 0.6) is 0 Å². The lowest BCUT2D eigenvalue weighted by Crippen LogP contribution is -2.29. The smallest absolute Gasteiger partial charge is 0.212 e. The van der Waals surface area contributed by atoms with E-state index in [1.807, 2.05) is 0 Å². The van der Waals surface area contributed by atoms with Crippen LogP contribution in [-0.2, 0) is 10.0 Å². The fourth-order valence-electron chi connectivity index (χ4n) is 2.24. The standard InChI is InChI=1S/C7H12BrNO2S/c8-4-12(10,11)9-7-5-2-1-3-6(5)7/h5-7,9H,1-4H2/t5-,6+,7?. The normalized spacial score (nSPS) is 39.6. The Hall–Kier alpha value is 0.390. The first kappa shape index (κ1) is 8.97. The first-order chi connectivity index (χ1) is 5.64. The fraction of sp³-hybridized carbons (Fsp3) is 1.00. The summed E-state index contributed by atoms with van der Waals surface area (Å²) in [4.78, 5) is 0. The lowest BCUT2D eigenvalue weighted by Gasteiger charge is -2.04. The molecule has 0 aromatic carbocycles. The van der Waals surface area contributed by atoms with Crippen molar-refractivity contribution < 1.29 is 8.42 Å². The van der Waals surface area contributed by atoms with E-state index in [0.29, 0.717) is 11.8 Å². The zero-order valence-corrected chi connectivity index (χ0v) is 9.07. The van der Waals surface area contributed by atoms with Gasteiger partial charge in [-0.05, 0) is 24.7 Å².